The molecule has 0 spiro atoms. The lowest BCUT2D eigenvalue weighted by molar-refractivity contribution is 0.756. The number of aromatic nitrogens is 4. The largest absolute Gasteiger partial charge is 0.384 e. The number of anilines is 3. The maximum absolute atomic E-state index is 5.64. The average molecular weight is 218 g/mol. The first-order valence-electron chi connectivity index (χ1n) is 4.93. The molecule has 0 aromatic carbocycles. The van der Waals surface area contributed by atoms with Crippen LogP contribution in [0.1, 0.15) is 11.5 Å². The predicted octanol–water partition coefficient (Wildman–Crippen LogP) is 1.15. The molecule has 0 aliphatic rings. The molecule has 2 aromatic heterocycles. The van der Waals surface area contributed by atoms with Gasteiger partial charge in [0.2, 0.25) is 0 Å². The summed E-state index contributed by atoms with van der Waals surface area (Å²) in [5.74, 6) is 1.78. The molecular formula is C10H14N6. The van der Waals surface area contributed by atoms with Crippen LogP contribution in [0.2, 0.25) is 0 Å². The van der Waals surface area contributed by atoms with Gasteiger partial charge in [-0.3, -0.25) is 4.68 Å². The van der Waals surface area contributed by atoms with Crippen LogP contribution in [0, 0.1) is 13.8 Å². The van der Waals surface area contributed by atoms with E-state index in [1.54, 1.807) is 17.7 Å². The number of nitrogens with zero attached hydrogens (tertiary/aromatic N) is 4. The fourth-order valence-corrected chi connectivity index (χ4v) is 1.52. The van der Waals surface area contributed by atoms with Crippen molar-refractivity contribution in [2.75, 3.05) is 11.1 Å². The number of nitrogens with one attached hydrogen (secondary N) is 1. The Hall–Kier alpha value is -2.11. The third-order valence-electron chi connectivity index (χ3n) is 2.13. The summed E-state index contributed by atoms with van der Waals surface area (Å²) in [7, 11) is 1.87. The Morgan fingerprint density at radius 1 is 1.31 bits per heavy atom. The minimum atomic E-state index is 0.455. The second-order valence-corrected chi connectivity index (χ2v) is 3.65. The van der Waals surface area contributed by atoms with E-state index in [0.717, 1.165) is 11.4 Å². The maximum Gasteiger partial charge on any atom is 0.136 e. The van der Waals surface area contributed by atoms with Crippen molar-refractivity contribution < 1.29 is 0 Å². The van der Waals surface area contributed by atoms with Crippen LogP contribution in [-0.4, -0.2) is 19.7 Å². The van der Waals surface area contributed by atoms with Crippen LogP contribution in [0.5, 0.6) is 0 Å². The smallest absolute Gasteiger partial charge is 0.136 e. The number of hydrogen-bond donors (Lipinski definition) is 2. The Balaban J connectivity index is 2.30. The van der Waals surface area contributed by atoms with Gasteiger partial charge in [-0.05, 0) is 13.8 Å². The fourth-order valence-electron chi connectivity index (χ4n) is 1.52. The van der Waals surface area contributed by atoms with E-state index >= 15 is 0 Å². The molecule has 16 heavy (non-hydrogen) atoms. The summed E-state index contributed by atoms with van der Waals surface area (Å²) in [5.41, 5.74) is 7.48. The van der Waals surface area contributed by atoms with Crippen LogP contribution in [0.15, 0.2) is 12.3 Å². The Morgan fingerprint density at radius 2 is 2.06 bits per heavy atom. The van der Waals surface area contributed by atoms with E-state index in [0.29, 0.717) is 17.5 Å². The van der Waals surface area contributed by atoms with Gasteiger partial charge in [-0.25, -0.2) is 9.97 Å². The standard InChI is InChI=1S/C10H14N6/c1-6-8(5-16(3)15-6)14-10-4-9(11)12-7(2)13-10/h4-5H,1-3H3,(H3,11,12,13,14). The number of aryl methyl sites for hydroxylation is 3. The highest BCUT2D eigenvalue weighted by Crippen LogP contribution is 2.18. The van der Waals surface area contributed by atoms with Crippen molar-refractivity contribution in [3.8, 4) is 0 Å². The van der Waals surface area contributed by atoms with E-state index in [4.69, 9.17) is 5.73 Å². The van der Waals surface area contributed by atoms with Gasteiger partial charge in [-0.15, -0.1) is 0 Å². The molecule has 0 radical (unpaired) electrons. The molecular weight excluding hydrogens is 204 g/mol. The Kier molecular flexibility index (Phi) is 2.47. The molecule has 2 aromatic rings. The van der Waals surface area contributed by atoms with Crippen molar-refractivity contribution in [1.29, 1.82) is 0 Å². The third-order valence-corrected chi connectivity index (χ3v) is 2.13. The van der Waals surface area contributed by atoms with E-state index in [9.17, 15) is 0 Å². The lowest BCUT2D eigenvalue weighted by atomic mass is 10.4. The van der Waals surface area contributed by atoms with E-state index in [2.05, 4.69) is 20.4 Å². The second-order valence-electron chi connectivity index (χ2n) is 3.65. The Labute approximate surface area is 93.5 Å². The maximum atomic E-state index is 5.64. The number of nitrogens with two attached hydrogens (primary N) is 1. The Bertz CT molecular complexity index is 496. The Morgan fingerprint density at radius 3 is 2.62 bits per heavy atom. The van der Waals surface area contributed by atoms with Crippen LogP contribution in [0.3, 0.4) is 0 Å². The molecule has 0 unspecified atom stereocenters. The predicted molar refractivity (Wildman–Crippen MR) is 62.4 cm³/mol. The zero-order valence-corrected chi connectivity index (χ0v) is 9.52. The summed E-state index contributed by atoms with van der Waals surface area (Å²) in [6.45, 7) is 3.73. The fraction of sp³-hybridized carbons (Fsp3) is 0.300. The molecule has 0 bridgehead atoms. The molecule has 84 valence electrons. The van der Waals surface area contributed by atoms with Gasteiger partial charge in [0.1, 0.15) is 17.5 Å². The topological polar surface area (TPSA) is 81.6 Å². The van der Waals surface area contributed by atoms with Gasteiger partial charge in [-0.2, -0.15) is 5.10 Å². The molecule has 0 aliphatic carbocycles. The van der Waals surface area contributed by atoms with Crippen LogP contribution in [-0.2, 0) is 7.05 Å². The summed E-state index contributed by atoms with van der Waals surface area (Å²) in [6, 6.07) is 1.69. The van der Waals surface area contributed by atoms with Crippen molar-refractivity contribution in [1.82, 2.24) is 19.7 Å². The van der Waals surface area contributed by atoms with Gasteiger partial charge >= 0.3 is 0 Å². The van der Waals surface area contributed by atoms with Crippen LogP contribution < -0.4 is 11.1 Å². The molecule has 2 heterocycles. The molecule has 6 nitrogen and oxygen atoms in total. The van der Waals surface area contributed by atoms with Crippen molar-refractivity contribution in [3.63, 3.8) is 0 Å². The average Bonchev–Trinajstić information content (AvgIpc) is 2.43. The molecule has 0 saturated heterocycles. The van der Waals surface area contributed by atoms with Crippen LogP contribution in [0.4, 0.5) is 17.3 Å². The first kappa shape index (κ1) is 10.4. The van der Waals surface area contributed by atoms with Crippen molar-refractivity contribution in [2.24, 2.45) is 7.05 Å². The molecule has 3 N–H and O–H groups in total. The highest BCUT2D eigenvalue weighted by atomic mass is 15.3. The first-order chi connectivity index (χ1) is 7.54. The summed E-state index contributed by atoms with van der Waals surface area (Å²) in [6.07, 6.45) is 1.89. The molecule has 0 atom stereocenters. The van der Waals surface area contributed by atoms with Crippen molar-refractivity contribution >= 4 is 17.3 Å². The van der Waals surface area contributed by atoms with Gasteiger partial charge in [0.25, 0.3) is 0 Å². The molecule has 0 amide bonds. The van der Waals surface area contributed by atoms with Crippen LogP contribution in [0.25, 0.3) is 0 Å². The van der Waals surface area contributed by atoms with Gasteiger partial charge in [0, 0.05) is 19.3 Å². The molecule has 0 fully saturated rings. The quantitative estimate of drug-likeness (QED) is 0.790. The SMILES string of the molecule is Cc1nc(N)cc(Nc2cn(C)nc2C)n1. The second kappa shape index (κ2) is 3.80. The summed E-state index contributed by atoms with van der Waals surface area (Å²) < 4.78 is 1.75. The van der Waals surface area contributed by atoms with Gasteiger partial charge in [-0.1, -0.05) is 0 Å². The van der Waals surface area contributed by atoms with E-state index in [-0.39, 0.29) is 0 Å². The minimum Gasteiger partial charge on any atom is -0.384 e. The van der Waals surface area contributed by atoms with E-state index in [1.807, 2.05) is 20.2 Å². The lowest BCUT2D eigenvalue weighted by Crippen LogP contribution is -2.00. The first-order valence-corrected chi connectivity index (χ1v) is 4.93. The monoisotopic (exact) mass is 218 g/mol. The molecule has 6 heteroatoms. The molecule has 0 aliphatic heterocycles. The van der Waals surface area contributed by atoms with Crippen molar-refractivity contribution in [3.05, 3.63) is 23.8 Å². The van der Waals surface area contributed by atoms with Gasteiger partial charge in [0.15, 0.2) is 0 Å². The number of nitrogen functional groups attached to an aromatic ring is 1. The molecule has 0 saturated carbocycles. The summed E-state index contributed by atoms with van der Waals surface area (Å²) >= 11 is 0. The highest BCUT2D eigenvalue weighted by Gasteiger charge is 2.05. The summed E-state index contributed by atoms with van der Waals surface area (Å²) in [5, 5.41) is 7.39. The van der Waals surface area contributed by atoms with Gasteiger partial charge < -0.3 is 11.1 Å². The highest BCUT2D eigenvalue weighted by molar-refractivity contribution is 5.59. The third kappa shape index (κ3) is 2.10. The number of hydrogen-bond acceptors (Lipinski definition) is 5. The zero-order chi connectivity index (χ0) is 11.7. The van der Waals surface area contributed by atoms with Gasteiger partial charge in [0.05, 0.1) is 11.4 Å². The molecule has 2 rings (SSSR count). The zero-order valence-electron chi connectivity index (χ0n) is 9.52. The number of rotatable bonds is 2. The van der Waals surface area contributed by atoms with E-state index < -0.39 is 0 Å². The van der Waals surface area contributed by atoms with Crippen molar-refractivity contribution in [2.45, 2.75) is 13.8 Å². The summed E-state index contributed by atoms with van der Waals surface area (Å²) in [4.78, 5) is 8.25. The minimum absolute atomic E-state index is 0.455. The van der Waals surface area contributed by atoms with Crippen LogP contribution >= 0.6 is 0 Å². The lowest BCUT2D eigenvalue weighted by Gasteiger charge is -2.05. The van der Waals surface area contributed by atoms with E-state index in [1.165, 1.54) is 0 Å². The normalized spacial score (nSPS) is 10.4.